The van der Waals surface area contributed by atoms with Gasteiger partial charge in [-0.3, -0.25) is 13.9 Å². The standard InChI is InChI=1S/C22H27N3O4/c1-14(2)29-18-13-23-20-19(17(18)12-16-8-6-15(3)7-9-16)21(27)25(10-5-11-26)22(28)24(20)4/h6-9,13-14,26H,5,10-12H2,1-4H3. The number of nitrogens with zero attached hydrogens (tertiary/aromatic N) is 3. The SMILES string of the molecule is Cc1ccc(Cc2c(OC(C)C)cnc3c2c(=O)n(CCCO)c(=O)n3C)cc1. The monoisotopic (exact) mass is 397 g/mol. The fourth-order valence-electron chi connectivity index (χ4n) is 3.36. The summed E-state index contributed by atoms with van der Waals surface area (Å²) in [5.74, 6) is 0.539. The van der Waals surface area contributed by atoms with Gasteiger partial charge >= 0.3 is 5.69 Å². The zero-order valence-electron chi connectivity index (χ0n) is 17.3. The van der Waals surface area contributed by atoms with E-state index in [0.717, 1.165) is 15.7 Å². The number of ether oxygens (including phenoxy) is 1. The first kappa shape index (κ1) is 20.8. The second-order valence-electron chi connectivity index (χ2n) is 7.50. The Bertz CT molecular complexity index is 1130. The average Bonchev–Trinajstić information content (AvgIpc) is 2.68. The highest BCUT2D eigenvalue weighted by Crippen LogP contribution is 2.27. The van der Waals surface area contributed by atoms with E-state index in [9.17, 15) is 9.59 Å². The van der Waals surface area contributed by atoms with Crippen molar-refractivity contribution >= 4 is 11.0 Å². The molecule has 0 atom stereocenters. The molecule has 3 rings (SSSR count). The van der Waals surface area contributed by atoms with Crippen LogP contribution in [0.1, 0.15) is 37.0 Å². The number of hydrogen-bond donors (Lipinski definition) is 1. The first-order chi connectivity index (χ1) is 13.8. The maximum Gasteiger partial charge on any atom is 0.332 e. The van der Waals surface area contributed by atoms with Gasteiger partial charge in [-0.1, -0.05) is 29.8 Å². The van der Waals surface area contributed by atoms with E-state index in [4.69, 9.17) is 9.84 Å². The molecule has 0 spiro atoms. The van der Waals surface area contributed by atoms with E-state index < -0.39 is 11.2 Å². The van der Waals surface area contributed by atoms with E-state index in [-0.39, 0.29) is 19.3 Å². The molecule has 0 bridgehead atoms. The van der Waals surface area contributed by atoms with E-state index in [1.165, 1.54) is 4.57 Å². The Kier molecular flexibility index (Phi) is 6.17. The van der Waals surface area contributed by atoms with Gasteiger partial charge in [-0.15, -0.1) is 0 Å². The molecule has 154 valence electrons. The van der Waals surface area contributed by atoms with E-state index in [2.05, 4.69) is 4.98 Å². The Morgan fingerprint density at radius 1 is 1.17 bits per heavy atom. The van der Waals surface area contributed by atoms with Crippen molar-refractivity contribution in [3.63, 3.8) is 0 Å². The van der Waals surface area contributed by atoms with Gasteiger partial charge in [0, 0.05) is 32.2 Å². The number of hydrogen-bond acceptors (Lipinski definition) is 5. The van der Waals surface area contributed by atoms with Crippen LogP contribution >= 0.6 is 0 Å². The topological polar surface area (TPSA) is 86.3 Å². The fourth-order valence-corrected chi connectivity index (χ4v) is 3.36. The van der Waals surface area contributed by atoms with Gasteiger partial charge in [-0.05, 0) is 32.8 Å². The molecule has 2 aromatic heterocycles. The largest absolute Gasteiger partial charge is 0.489 e. The Labute approximate surface area is 169 Å². The zero-order valence-corrected chi connectivity index (χ0v) is 17.3. The lowest BCUT2D eigenvalue weighted by molar-refractivity contribution is 0.239. The molecule has 0 aliphatic carbocycles. The molecule has 2 heterocycles. The third kappa shape index (κ3) is 4.24. The summed E-state index contributed by atoms with van der Waals surface area (Å²) in [6.07, 6.45) is 2.30. The van der Waals surface area contributed by atoms with Crippen LogP contribution in [0, 0.1) is 6.92 Å². The molecule has 3 aromatic rings. The number of aromatic nitrogens is 3. The molecular weight excluding hydrogens is 370 g/mol. The van der Waals surface area contributed by atoms with Gasteiger partial charge in [-0.2, -0.15) is 0 Å². The van der Waals surface area contributed by atoms with Crippen LogP contribution in [-0.2, 0) is 20.0 Å². The summed E-state index contributed by atoms with van der Waals surface area (Å²) in [6, 6.07) is 8.09. The van der Waals surface area contributed by atoms with Gasteiger partial charge in [0.2, 0.25) is 0 Å². The number of benzene rings is 1. The summed E-state index contributed by atoms with van der Waals surface area (Å²) < 4.78 is 8.50. The Morgan fingerprint density at radius 2 is 1.86 bits per heavy atom. The van der Waals surface area contributed by atoms with Crippen LogP contribution in [0.25, 0.3) is 11.0 Å². The molecule has 0 amide bonds. The van der Waals surface area contributed by atoms with Crippen LogP contribution in [0.5, 0.6) is 5.75 Å². The Balaban J connectivity index is 2.30. The minimum absolute atomic E-state index is 0.0878. The van der Waals surface area contributed by atoms with Crippen molar-refractivity contribution in [1.82, 2.24) is 14.1 Å². The van der Waals surface area contributed by atoms with Crippen LogP contribution in [0.3, 0.4) is 0 Å². The molecule has 0 aliphatic rings. The fraction of sp³-hybridized carbons (Fsp3) is 0.409. The summed E-state index contributed by atoms with van der Waals surface area (Å²) >= 11 is 0. The molecule has 0 saturated heterocycles. The second-order valence-corrected chi connectivity index (χ2v) is 7.50. The molecule has 7 nitrogen and oxygen atoms in total. The van der Waals surface area contributed by atoms with E-state index >= 15 is 0 Å². The zero-order chi connectivity index (χ0) is 21.1. The third-order valence-corrected chi connectivity index (χ3v) is 4.83. The van der Waals surface area contributed by atoms with E-state index in [1.807, 2.05) is 45.0 Å². The molecule has 0 unspecified atom stereocenters. The highest BCUT2D eigenvalue weighted by Gasteiger charge is 2.20. The molecule has 0 saturated carbocycles. The first-order valence-electron chi connectivity index (χ1n) is 9.78. The van der Waals surface area contributed by atoms with Crippen molar-refractivity contribution in [3.8, 4) is 5.75 Å². The number of aliphatic hydroxyl groups is 1. The highest BCUT2D eigenvalue weighted by atomic mass is 16.5. The average molecular weight is 397 g/mol. The van der Waals surface area contributed by atoms with Gasteiger partial charge in [-0.25, -0.2) is 9.78 Å². The minimum Gasteiger partial charge on any atom is -0.489 e. The Morgan fingerprint density at radius 3 is 2.48 bits per heavy atom. The van der Waals surface area contributed by atoms with E-state index in [1.54, 1.807) is 13.2 Å². The molecule has 29 heavy (non-hydrogen) atoms. The summed E-state index contributed by atoms with van der Waals surface area (Å²) in [5.41, 5.74) is 2.39. The number of aryl methyl sites for hydroxylation is 2. The van der Waals surface area contributed by atoms with Crippen LogP contribution in [0.15, 0.2) is 40.1 Å². The van der Waals surface area contributed by atoms with Crippen LogP contribution < -0.4 is 16.0 Å². The molecular formula is C22H27N3O4. The number of rotatable bonds is 7. The maximum atomic E-state index is 13.3. The predicted octanol–water partition coefficient (Wildman–Crippen LogP) is 2.16. The lowest BCUT2D eigenvalue weighted by Crippen LogP contribution is -2.40. The molecule has 7 heteroatoms. The number of fused-ring (bicyclic) bond motifs is 1. The second kappa shape index (κ2) is 8.61. The van der Waals surface area contributed by atoms with Gasteiger partial charge in [0.15, 0.2) is 0 Å². The summed E-state index contributed by atoms with van der Waals surface area (Å²) in [7, 11) is 1.60. The summed E-state index contributed by atoms with van der Waals surface area (Å²) in [4.78, 5) is 30.3. The summed E-state index contributed by atoms with van der Waals surface area (Å²) in [6.45, 7) is 5.91. The van der Waals surface area contributed by atoms with Crippen molar-refractivity contribution in [2.75, 3.05) is 6.61 Å². The van der Waals surface area contributed by atoms with Gasteiger partial charge in [0.05, 0.1) is 17.7 Å². The molecule has 0 fully saturated rings. The maximum absolute atomic E-state index is 13.3. The lowest BCUT2D eigenvalue weighted by Gasteiger charge is -2.18. The molecule has 1 aromatic carbocycles. The van der Waals surface area contributed by atoms with Gasteiger partial charge < -0.3 is 9.84 Å². The van der Waals surface area contributed by atoms with Crippen molar-refractivity contribution in [2.24, 2.45) is 7.05 Å². The first-order valence-corrected chi connectivity index (χ1v) is 9.78. The quantitative estimate of drug-likeness (QED) is 0.660. The molecule has 0 aliphatic heterocycles. The number of pyridine rings is 1. The lowest BCUT2D eigenvalue weighted by atomic mass is 10.0. The Hall–Kier alpha value is -2.93. The molecule has 0 radical (unpaired) electrons. The normalized spacial score (nSPS) is 11.4. The van der Waals surface area contributed by atoms with Crippen molar-refractivity contribution < 1.29 is 9.84 Å². The van der Waals surface area contributed by atoms with Crippen LogP contribution in [0.2, 0.25) is 0 Å². The smallest absolute Gasteiger partial charge is 0.332 e. The molecule has 1 N–H and O–H groups in total. The highest BCUT2D eigenvalue weighted by molar-refractivity contribution is 5.81. The van der Waals surface area contributed by atoms with Gasteiger partial charge in [0.25, 0.3) is 5.56 Å². The van der Waals surface area contributed by atoms with Crippen molar-refractivity contribution in [1.29, 1.82) is 0 Å². The van der Waals surface area contributed by atoms with Crippen molar-refractivity contribution in [3.05, 3.63) is 68.0 Å². The van der Waals surface area contributed by atoms with Crippen molar-refractivity contribution in [2.45, 2.75) is 46.3 Å². The third-order valence-electron chi connectivity index (χ3n) is 4.83. The van der Waals surface area contributed by atoms with Crippen LogP contribution in [0.4, 0.5) is 0 Å². The van der Waals surface area contributed by atoms with E-state index in [0.29, 0.717) is 35.2 Å². The van der Waals surface area contributed by atoms with Gasteiger partial charge in [0.1, 0.15) is 11.4 Å². The predicted molar refractivity (Wildman–Crippen MR) is 113 cm³/mol. The minimum atomic E-state index is -0.442. The summed E-state index contributed by atoms with van der Waals surface area (Å²) in [5, 5.41) is 9.53. The number of aliphatic hydroxyl groups excluding tert-OH is 1. The van der Waals surface area contributed by atoms with Crippen LogP contribution in [-0.4, -0.2) is 31.9 Å².